The van der Waals surface area contributed by atoms with Gasteiger partial charge >= 0.3 is 0 Å². The monoisotopic (exact) mass is 412 g/mol. The molecule has 1 aliphatic rings. The number of halogens is 1. The van der Waals surface area contributed by atoms with Crippen molar-refractivity contribution >= 4 is 41.5 Å². The van der Waals surface area contributed by atoms with E-state index in [-0.39, 0.29) is 24.2 Å². The molecule has 0 unspecified atom stereocenters. The molecule has 0 aromatic carbocycles. The molecule has 148 valence electrons. The van der Waals surface area contributed by atoms with Crippen LogP contribution in [-0.2, 0) is 11.8 Å². The Hall–Kier alpha value is -1.97. The van der Waals surface area contributed by atoms with Crippen LogP contribution in [-0.4, -0.2) is 46.2 Å². The maximum Gasteiger partial charge on any atom is 0.252 e. The van der Waals surface area contributed by atoms with Gasteiger partial charge in [-0.2, -0.15) is 21.4 Å². The van der Waals surface area contributed by atoms with Crippen LogP contribution in [0.4, 0.5) is 5.95 Å². The molecule has 1 saturated heterocycles. The van der Waals surface area contributed by atoms with Crippen molar-refractivity contribution in [2.24, 2.45) is 7.05 Å². The van der Waals surface area contributed by atoms with Gasteiger partial charge in [0.15, 0.2) is 5.82 Å². The van der Waals surface area contributed by atoms with E-state index in [0.717, 1.165) is 31.8 Å². The van der Waals surface area contributed by atoms with Crippen LogP contribution in [0.15, 0.2) is 16.8 Å². The van der Waals surface area contributed by atoms with Gasteiger partial charge in [-0.1, -0.05) is 0 Å². The van der Waals surface area contributed by atoms with Gasteiger partial charge in [-0.25, -0.2) is 4.68 Å². The Labute approximate surface area is 168 Å². The molecule has 10 heteroatoms. The smallest absolute Gasteiger partial charge is 0.252 e. The van der Waals surface area contributed by atoms with Gasteiger partial charge < -0.3 is 10.6 Å². The number of aryl methyl sites for hydroxylation is 1. The first-order valence-corrected chi connectivity index (χ1v) is 9.79. The first kappa shape index (κ1) is 21.3. The SMILES string of the molecule is Cl.Cn1nc(C2CCNCC2)nc1NC(=O)CCCNC(=O)c1ccsc1. The van der Waals surface area contributed by atoms with Gasteiger partial charge in [0.25, 0.3) is 5.91 Å². The van der Waals surface area contributed by atoms with Crippen molar-refractivity contribution in [1.82, 2.24) is 25.4 Å². The second kappa shape index (κ2) is 10.4. The minimum absolute atomic E-state index is 0. The molecule has 0 radical (unpaired) electrons. The van der Waals surface area contributed by atoms with E-state index < -0.39 is 0 Å². The summed E-state index contributed by atoms with van der Waals surface area (Å²) in [7, 11) is 1.79. The molecule has 1 aliphatic heterocycles. The largest absolute Gasteiger partial charge is 0.352 e. The summed E-state index contributed by atoms with van der Waals surface area (Å²) in [6.45, 7) is 2.41. The molecule has 2 aromatic heterocycles. The lowest BCUT2D eigenvalue weighted by Crippen LogP contribution is -2.27. The summed E-state index contributed by atoms with van der Waals surface area (Å²) in [5.74, 6) is 1.40. The number of piperidine rings is 1. The van der Waals surface area contributed by atoms with Crippen LogP contribution in [0.5, 0.6) is 0 Å². The number of carbonyl (C=O) groups excluding carboxylic acids is 2. The van der Waals surface area contributed by atoms with E-state index in [0.29, 0.717) is 36.8 Å². The highest BCUT2D eigenvalue weighted by atomic mass is 35.5. The molecule has 0 saturated carbocycles. The number of thiophene rings is 1. The molecule has 2 amide bonds. The minimum atomic E-state index is -0.123. The van der Waals surface area contributed by atoms with Gasteiger partial charge in [0.1, 0.15) is 0 Å². The normalized spacial score (nSPS) is 14.4. The molecule has 3 N–H and O–H groups in total. The van der Waals surface area contributed by atoms with Crippen molar-refractivity contribution in [3.05, 3.63) is 28.2 Å². The number of nitrogens with one attached hydrogen (secondary N) is 3. The van der Waals surface area contributed by atoms with E-state index in [2.05, 4.69) is 26.0 Å². The number of rotatable bonds is 7. The van der Waals surface area contributed by atoms with E-state index in [1.165, 1.54) is 11.3 Å². The summed E-state index contributed by atoms with van der Waals surface area (Å²) in [5.41, 5.74) is 0.656. The quantitative estimate of drug-likeness (QED) is 0.603. The number of hydrogen-bond donors (Lipinski definition) is 3. The molecule has 1 fully saturated rings. The van der Waals surface area contributed by atoms with Crippen LogP contribution in [0.25, 0.3) is 0 Å². The van der Waals surface area contributed by atoms with E-state index in [1.807, 2.05) is 5.38 Å². The van der Waals surface area contributed by atoms with Crippen LogP contribution in [0.2, 0.25) is 0 Å². The zero-order valence-electron chi connectivity index (χ0n) is 15.2. The van der Waals surface area contributed by atoms with Crippen molar-refractivity contribution in [1.29, 1.82) is 0 Å². The highest BCUT2D eigenvalue weighted by molar-refractivity contribution is 7.08. The first-order valence-electron chi connectivity index (χ1n) is 8.85. The highest BCUT2D eigenvalue weighted by Gasteiger charge is 2.21. The number of amides is 2. The Morgan fingerprint density at radius 1 is 1.37 bits per heavy atom. The summed E-state index contributed by atoms with van der Waals surface area (Å²) in [5, 5.41) is 17.0. The summed E-state index contributed by atoms with van der Waals surface area (Å²) < 4.78 is 1.62. The second-order valence-corrected chi connectivity index (χ2v) is 7.14. The minimum Gasteiger partial charge on any atom is -0.352 e. The maximum absolute atomic E-state index is 12.1. The van der Waals surface area contributed by atoms with Crippen molar-refractivity contribution in [2.75, 3.05) is 25.0 Å². The lowest BCUT2D eigenvalue weighted by molar-refractivity contribution is -0.116. The number of carbonyl (C=O) groups is 2. The number of hydrogen-bond acceptors (Lipinski definition) is 6. The number of anilines is 1. The number of nitrogens with zero attached hydrogens (tertiary/aromatic N) is 3. The lowest BCUT2D eigenvalue weighted by atomic mass is 9.98. The topological polar surface area (TPSA) is 101 Å². The summed E-state index contributed by atoms with van der Waals surface area (Å²) in [6.07, 6.45) is 2.92. The van der Waals surface area contributed by atoms with Crippen LogP contribution in [0.3, 0.4) is 0 Å². The average Bonchev–Trinajstić information content (AvgIpc) is 3.30. The fraction of sp³-hybridized carbons (Fsp3) is 0.529. The van der Waals surface area contributed by atoms with E-state index >= 15 is 0 Å². The first-order chi connectivity index (χ1) is 12.6. The zero-order valence-corrected chi connectivity index (χ0v) is 16.9. The summed E-state index contributed by atoms with van der Waals surface area (Å²) >= 11 is 1.48. The van der Waals surface area contributed by atoms with E-state index in [4.69, 9.17) is 0 Å². The molecule has 0 aliphatic carbocycles. The third-order valence-electron chi connectivity index (χ3n) is 4.38. The fourth-order valence-corrected chi connectivity index (χ4v) is 3.54. The Morgan fingerprint density at radius 2 is 2.15 bits per heavy atom. The third kappa shape index (κ3) is 6.02. The van der Waals surface area contributed by atoms with Crippen molar-refractivity contribution in [3.63, 3.8) is 0 Å². The van der Waals surface area contributed by atoms with Crippen LogP contribution in [0.1, 0.15) is 47.8 Å². The molecule has 0 spiro atoms. The zero-order chi connectivity index (χ0) is 18.4. The van der Waals surface area contributed by atoms with Gasteiger partial charge in [-0.3, -0.25) is 14.9 Å². The molecule has 3 heterocycles. The number of aromatic nitrogens is 3. The Kier molecular flexibility index (Phi) is 8.21. The molecule has 0 atom stereocenters. The van der Waals surface area contributed by atoms with Gasteiger partial charge in [-0.15, -0.1) is 12.4 Å². The van der Waals surface area contributed by atoms with Gasteiger partial charge in [-0.05, 0) is 43.8 Å². The lowest BCUT2D eigenvalue weighted by Gasteiger charge is -2.19. The highest BCUT2D eigenvalue weighted by Crippen LogP contribution is 2.23. The predicted molar refractivity (Wildman–Crippen MR) is 108 cm³/mol. The maximum atomic E-state index is 12.1. The van der Waals surface area contributed by atoms with Crippen LogP contribution in [0, 0.1) is 0 Å². The average molecular weight is 413 g/mol. The van der Waals surface area contributed by atoms with Crippen molar-refractivity contribution in [2.45, 2.75) is 31.6 Å². The predicted octanol–water partition coefficient (Wildman–Crippen LogP) is 1.91. The van der Waals surface area contributed by atoms with Gasteiger partial charge in [0.2, 0.25) is 11.9 Å². The standard InChI is InChI=1S/C17H24N6O2S.ClH/c1-23-17(21-15(22-23)12-4-8-18-9-5-12)20-14(24)3-2-7-19-16(25)13-6-10-26-11-13;/h6,10-12,18H,2-5,7-9H2,1H3,(H,19,25)(H,20,21,22,24);1H. The van der Waals surface area contributed by atoms with Crippen molar-refractivity contribution < 1.29 is 9.59 Å². The summed E-state index contributed by atoms with van der Waals surface area (Å²) in [6, 6.07) is 1.78. The van der Waals surface area contributed by atoms with Gasteiger partial charge in [0, 0.05) is 36.9 Å². The second-order valence-electron chi connectivity index (χ2n) is 6.36. The Balaban J connectivity index is 0.00000261. The molecular weight excluding hydrogens is 388 g/mol. The van der Waals surface area contributed by atoms with Crippen molar-refractivity contribution in [3.8, 4) is 0 Å². The Bertz CT molecular complexity index is 743. The fourth-order valence-electron chi connectivity index (χ4n) is 2.90. The molecule has 3 rings (SSSR count). The van der Waals surface area contributed by atoms with Crippen LogP contribution < -0.4 is 16.0 Å². The third-order valence-corrected chi connectivity index (χ3v) is 5.07. The van der Waals surface area contributed by atoms with Gasteiger partial charge in [0.05, 0.1) is 0 Å². The molecule has 27 heavy (non-hydrogen) atoms. The Morgan fingerprint density at radius 3 is 2.85 bits per heavy atom. The molecule has 2 aromatic rings. The van der Waals surface area contributed by atoms with E-state index in [1.54, 1.807) is 23.2 Å². The summed E-state index contributed by atoms with van der Waals surface area (Å²) in [4.78, 5) is 28.4. The molecular formula is C17H25ClN6O2S. The molecule has 8 nitrogen and oxygen atoms in total. The van der Waals surface area contributed by atoms with E-state index in [9.17, 15) is 9.59 Å². The molecule has 0 bridgehead atoms. The van der Waals surface area contributed by atoms with Crippen LogP contribution >= 0.6 is 23.7 Å².